The molecule has 21 heavy (non-hydrogen) atoms. The van der Waals surface area contributed by atoms with Crippen LogP contribution in [0.25, 0.3) is 0 Å². The number of nitrogens with two attached hydrogens (primary N) is 1. The van der Waals surface area contributed by atoms with Crippen LogP contribution in [-0.2, 0) is 16.4 Å². The van der Waals surface area contributed by atoms with Crippen LogP contribution in [0.5, 0.6) is 0 Å². The van der Waals surface area contributed by atoms with E-state index >= 15 is 0 Å². The molecule has 0 spiro atoms. The largest absolute Gasteiger partial charge is 0.383 e. The van der Waals surface area contributed by atoms with Gasteiger partial charge in [0.25, 0.3) is 0 Å². The summed E-state index contributed by atoms with van der Waals surface area (Å²) < 4.78 is 25.9. The summed E-state index contributed by atoms with van der Waals surface area (Å²) in [7, 11) is -3.39. The molecule has 0 aromatic carbocycles. The van der Waals surface area contributed by atoms with Crippen molar-refractivity contribution in [3.63, 3.8) is 0 Å². The van der Waals surface area contributed by atoms with E-state index in [-0.39, 0.29) is 10.7 Å². The average Bonchev–Trinajstić information content (AvgIpc) is 2.74. The predicted octanol–water partition coefficient (Wildman–Crippen LogP) is 1.47. The zero-order chi connectivity index (χ0) is 15.6. The number of hydrogen-bond donors (Lipinski definition) is 1. The molecule has 0 radical (unpaired) electrons. The fourth-order valence-corrected chi connectivity index (χ4v) is 4.22. The summed E-state index contributed by atoms with van der Waals surface area (Å²) in [5, 5.41) is 4.50. The zero-order valence-electron chi connectivity index (χ0n) is 12.9. The molecule has 6 nitrogen and oxygen atoms in total. The number of thioether (sulfide) groups is 1. The number of hydrogen-bond acceptors (Lipinski definition) is 6. The van der Waals surface area contributed by atoms with Crippen LogP contribution in [0.15, 0.2) is 4.90 Å². The van der Waals surface area contributed by atoms with Gasteiger partial charge in [-0.05, 0) is 12.3 Å². The molecule has 1 fully saturated rings. The van der Waals surface area contributed by atoms with Crippen LogP contribution in [0.4, 0.5) is 11.6 Å². The van der Waals surface area contributed by atoms with E-state index < -0.39 is 9.84 Å². The number of sulfone groups is 1. The van der Waals surface area contributed by atoms with Crippen LogP contribution in [0.3, 0.4) is 0 Å². The summed E-state index contributed by atoms with van der Waals surface area (Å²) in [4.78, 5) is 2.23. The molecule has 1 aliphatic rings. The van der Waals surface area contributed by atoms with Crippen LogP contribution in [0.2, 0.25) is 0 Å². The van der Waals surface area contributed by atoms with Gasteiger partial charge in [-0.3, -0.25) is 0 Å². The summed E-state index contributed by atoms with van der Waals surface area (Å²) in [5.74, 6) is 3.29. The van der Waals surface area contributed by atoms with Gasteiger partial charge in [0.05, 0.1) is 0 Å². The first-order chi connectivity index (χ1) is 9.80. The van der Waals surface area contributed by atoms with Crippen molar-refractivity contribution >= 4 is 33.2 Å². The van der Waals surface area contributed by atoms with Crippen molar-refractivity contribution < 1.29 is 8.42 Å². The van der Waals surface area contributed by atoms with Gasteiger partial charge in [0, 0.05) is 37.4 Å². The standard InChI is InChI=1S/C13H24N4O2S2/c1-10(2)4-5-17-12(14)11(21(3,18)19)13(15-17)16-6-8-20-9-7-16/h10H,4-9,14H2,1-3H3. The maximum Gasteiger partial charge on any atom is 0.182 e. The molecular weight excluding hydrogens is 308 g/mol. The molecule has 120 valence electrons. The maximum atomic E-state index is 12.1. The molecular formula is C13H24N4O2S2. The lowest BCUT2D eigenvalue weighted by Gasteiger charge is -2.26. The molecule has 0 amide bonds. The van der Waals surface area contributed by atoms with Gasteiger partial charge in [-0.1, -0.05) is 13.8 Å². The van der Waals surface area contributed by atoms with E-state index in [0.29, 0.717) is 18.3 Å². The third kappa shape index (κ3) is 3.85. The second kappa shape index (κ2) is 6.48. The Bertz CT molecular complexity index is 590. The van der Waals surface area contributed by atoms with Crippen molar-refractivity contribution in [2.75, 3.05) is 41.5 Å². The molecule has 1 saturated heterocycles. The van der Waals surface area contributed by atoms with E-state index in [1.165, 1.54) is 6.26 Å². The number of rotatable bonds is 5. The number of anilines is 2. The van der Waals surface area contributed by atoms with Crippen molar-refractivity contribution in [1.29, 1.82) is 0 Å². The lowest BCUT2D eigenvalue weighted by Crippen LogP contribution is -2.33. The fraction of sp³-hybridized carbons (Fsp3) is 0.769. The van der Waals surface area contributed by atoms with Crippen LogP contribution < -0.4 is 10.6 Å². The van der Waals surface area contributed by atoms with Crippen LogP contribution in [0, 0.1) is 5.92 Å². The number of nitrogen functional groups attached to an aromatic ring is 1. The topological polar surface area (TPSA) is 81.2 Å². The Morgan fingerprint density at radius 1 is 1.33 bits per heavy atom. The highest BCUT2D eigenvalue weighted by molar-refractivity contribution is 7.99. The Labute approximate surface area is 131 Å². The third-order valence-corrected chi connectivity index (χ3v) is 5.60. The third-order valence-electron chi connectivity index (χ3n) is 3.53. The van der Waals surface area contributed by atoms with Crippen molar-refractivity contribution in [2.24, 2.45) is 5.92 Å². The average molecular weight is 332 g/mol. The summed E-state index contributed by atoms with van der Waals surface area (Å²) in [5.41, 5.74) is 6.07. The minimum atomic E-state index is -3.39. The minimum absolute atomic E-state index is 0.193. The van der Waals surface area contributed by atoms with Crippen LogP contribution >= 0.6 is 11.8 Å². The van der Waals surface area contributed by atoms with Crippen molar-refractivity contribution in [3.8, 4) is 0 Å². The first-order valence-corrected chi connectivity index (χ1v) is 10.2. The van der Waals surface area contributed by atoms with E-state index in [0.717, 1.165) is 31.0 Å². The van der Waals surface area contributed by atoms with E-state index in [1.54, 1.807) is 4.68 Å². The van der Waals surface area contributed by atoms with Gasteiger partial charge in [0.2, 0.25) is 0 Å². The first-order valence-electron chi connectivity index (χ1n) is 7.19. The monoisotopic (exact) mass is 332 g/mol. The molecule has 0 bridgehead atoms. The van der Waals surface area contributed by atoms with Gasteiger partial charge >= 0.3 is 0 Å². The highest BCUT2D eigenvalue weighted by atomic mass is 32.2. The molecule has 0 aliphatic carbocycles. The van der Waals surface area contributed by atoms with Gasteiger partial charge in [0.1, 0.15) is 5.82 Å². The highest BCUT2D eigenvalue weighted by Gasteiger charge is 2.28. The Kier molecular flexibility index (Phi) is 5.08. The summed E-state index contributed by atoms with van der Waals surface area (Å²) in [6.45, 7) is 6.52. The fourth-order valence-electron chi connectivity index (χ4n) is 2.33. The Morgan fingerprint density at radius 2 is 1.95 bits per heavy atom. The summed E-state index contributed by atoms with van der Waals surface area (Å²) in [6, 6.07) is 0. The van der Waals surface area contributed by atoms with Crippen molar-refractivity contribution in [3.05, 3.63) is 0 Å². The van der Waals surface area contributed by atoms with Gasteiger partial charge < -0.3 is 10.6 Å². The van der Waals surface area contributed by atoms with E-state index in [2.05, 4.69) is 18.9 Å². The molecule has 2 rings (SSSR count). The lowest BCUT2D eigenvalue weighted by molar-refractivity contribution is 0.490. The molecule has 0 atom stereocenters. The molecule has 1 aliphatic heterocycles. The van der Waals surface area contributed by atoms with Crippen LogP contribution in [-0.4, -0.2) is 49.0 Å². The number of aromatic nitrogens is 2. The van der Waals surface area contributed by atoms with Gasteiger partial charge in [-0.2, -0.15) is 16.9 Å². The van der Waals surface area contributed by atoms with E-state index in [1.807, 2.05) is 16.7 Å². The van der Waals surface area contributed by atoms with E-state index in [4.69, 9.17) is 5.73 Å². The predicted molar refractivity (Wildman–Crippen MR) is 88.7 cm³/mol. The van der Waals surface area contributed by atoms with E-state index in [9.17, 15) is 8.42 Å². The molecule has 2 heterocycles. The second-order valence-electron chi connectivity index (χ2n) is 5.82. The van der Waals surface area contributed by atoms with Crippen LogP contribution in [0.1, 0.15) is 20.3 Å². The van der Waals surface area contributed by atoms with Crippen molar-refractivity contribution in [1.82, 2.24) is 9.78 Å². The smallest absolute Gasteiger partial charge is 0.182 e. The SMILES string of the molecule is CC(C)CCn1nc(N2CCSCC2)c(S(C)(=O)=O)c1N. The molecule has 8 heteroatoms. The van der Waals surface area contributed by atoms with Crippen molar-refractivity contribution in [2.45, 2.75) is 31.7 Å². The summed E-state index contributed by atoms with van der Waals surface area (Å²) in [6.07, 6.45) is 2.12. The Morgan fingerprint density at radius 3 is 2.48 bits per heavy atom. The number of nitrogens with zero attached hydrogens (tertiary/aromatic N) is 3. The maximum absolute atomic E-state index is 12.1. The normalized spacial score (nSPS) is 16.7. The first kappa shape index (κ1) is 16.5. The second-order valence-corrected chi connectivity index (χ2v) is 8.99. The Hall–Kier alpha value is -0.890. The quantitative estimate of drug-likeness (QED) is 0.879. The highest BCUT2D eigenvalue weighted by Crippen LogP contribution is 2.31. The van der Waals surface area contributed by atoms with Gasteiger partial charge in [0.15, 0.2) is 20.6 Å². The molecule has 0 saturated carbocycles. The molecule has 1 aromatic rings. The van der Waals surface area contributed by atoms with Gasteiger partial charge in [-0.25, -0.2) is 13.1 Å². The molecule has 0 unspecified atom stereocenters. The molecule has 2 N–H and O–H groups in total. The number of aryl methyl sites for hydroxylation is 1. The minimum Gasteiger partial charge on any atom is -0.383 e. The molecule has 1 aromatic heterocycles. The van der Waals surface area contributed by atoms with Gasteiger partial charge in [-0.15, -0.1) is 0 Å². The lowest BCUT2D eigenvalue weighted by atomic mass is 10.1. The Balaban J connectivity index is 2.39. The summed E-state index contributed by atoms with van der Waals surface area (Å²) >= 11 is 1.87. The zero-order valence-corrected chi connectivity index (χ0v) is 14.5.